The van der Waals surface area contributed by atoms with Crippen molar-refractivity contribution in [3.05, 3.63) is 0 Å². The maximum Gasteiger partial charge on any atom is 0.223 e. The van der Waals surface area contributed by atoms with Gasteiger partial charge in [-0.1, -0.05) is 20.3 Å². The zero-order valence-corrected chi connectivity index (χ0v) is 11.4. The van der Waals surface area contributed by atoms with Crippen molar-refractivity contribution >= 4 is 5.91 Å². The molecular formula is C14H26N2O. The van der Waals surface area contributed by atoms with Crippen LogP contribution in [0.2, 0.25) is 0 Å². The molecule has 1 heterocycles. The number of piperidine rings is 1. The SMILES string of the molecule is C[C@H]1C[C@@H](C(=O)NC2CCCC2(C)C)CCN1. The molecule has 0 aromatic carbocycles. The molecule has 2 fully saturated rings. The zero-order valence-electron chi connectivity index (χ0n) is 11.4. The van der Waals surface area contributed by atoms with Gasteiger partial charge in [0, 0.05) is 18.0 Å². The predicted octanol–water partition coefficient (Wildman–Crippen LogP) is 2.07. The van der Waals surface area contributed by atoms with Crippen LogP contribution < -0.4 is 10.6 Å². The Bertz CT molecular complexity index is 288. The lowest BCUT2D eigenvalue weighted by Crippen LogP contribution is -2.47. The number of carbonyl (C=O) groups excluding carboxylic acids is 1. The van der Waals surface area contributed by atoms with E-state index in [2.05, 4.69) is 31.4 Å². The van der Waals surface area contributed by atoms with Crippen LogP contribution in [0, 0.1) is 11.3 Å². The van der Waals surface area contributed by atoms with E-state index in [9.17, 15) is 4.79 Å². The van der Waals surface area contributed by atoms with E-state index in [0.717, 1.165) is 25.8 Å². The average molecular weight is 238 g/mol. The van der Waals surface area contributed by atoms with Gasteiger partial charge in [0.25, 0.3) is 0 Å². The van der Waals surface area contributed by atoms with Gasteiger partial charge < -0.3 is 10.6 Å². The average Bonchev–Trinajstić information content (AvgIpc) is 2.58. The number of rotatable bonds is 2. The summed E-state index contributed by atoms with van der Waals surface area (Å²) in [6.45, 7) is 7.69. The van der Waals surface area contributed by atoms with Crippen molar-refractivity contribution < 1.29 is 4.79 Å². The van der Waals surface area contributed by atoms with E-state index in [0.29, 0.717) is 18.0 Å². The third-order valence-electron chi connectivity index (χ3n) is 4.57. The summed E-state index contributed by atoms with van der Waals surface area (Å²) >= 11 is 0. The van der Waals surface area contributed by atoms with E-state index in [1.807, 2.05) is 0 Å². The van der Waals surface area contributed by atoms with Crippen molar-refractivity contribution in [2.24, 2.45) is 11.3 Å². The quantitative estimate of drug-likeness (QED) is 0.773. The molecule has 1 amide bonds. The fraction of sp³-hybridized carbons (Fsp3) is 0.929. The molecule has 3 nitrogen and oxygen atoms in total. The highest BCUT2D eigenvalue weighted by molar-refractivity contribution is 5.79. The van der Waals surface area contributed by atoms with E-state index in [1.54, 1.807) is 0 Å². The molecule has 98 valence electrons. The summed E-state index contributed by atoms with van der Waals surface area (Å²) < 4.78 is 0. The van der Waals surface area contributed by atoms with Crippen molar-refractivity contribution in [3.8, 4) is 0 Å². The molecule has 1 aliphatic heterocycles. The Kier molecular flexibility index (Phi) is 3.76. The summed E-state index contributed by atoms with van der Waals surface area (Å²) in [6, 6.07) is 0.872. The monoisotopic (exact) mass is 238 g/mol. The summed E-state index contributed by atoms with van der Waals surface area (Å²) in [5.41, 5.74) is 0.286. The summed E-state index contributed by atoms with van der Waals surface area (Å²) in [4.78, 5) is 12.2. The lowest BCUT2D eigenvalue weighted by atomic mass is 9.86. The first kappa shape index (κ1) is 12.9. The van der Waals surface area contributed by atoms with Gasteiger partial charge in [0.05, 0.1) is 0 Å². The largest absolute Gasteiger partial charge is 0.353 e. The molecule has 0 bridgehead atoms. The van der Waals surface area contributed by atoms with E-state index >= 15 is 0 Å². The zero-order chi connectivity index (χ0) is 12.5. The minimum Gasteiger partial charge on any atom is -0.353 e. The standard InChI is InChI=1S/C14H26N2O/c1-10-9-11(6-8-15-10)13(17)16-12-5-4-7-14(12,2)3/h10-12,15H,4-9H2,1-3H3,(H,16,17)/t10-,11-,12?/m0/s1. The van der Waals surface area contributed by atoms with E-state index in [1.165, 1.54) is 12.8 Å². The maximum absolute atomic E-state index is 12.2. The first-order valence-corrected chi connectivity index (χ1v) is 7.03. The van der Waals surface area contributed by atoms with Gasteiger partial charge in [-0.3, -0.25) is 4.79 Å². The Hall–Kier alpha value is -0.570. The minimum atomic E-state index is 0.225. The van der Waals surface area contributed by atoms with Crippen LogP contribution in [0.15, 0.2) is 0 Å². The van der Waals surface area contributed by atoms with Crippen molar-refractivity contribution in [2.75, 3.05) is 6.54 Å². The van der Waals surface area contributed by atoms with Gasteiger partial charge in [-0.05, 0) is 44.6 Å². The number of hydrogen-bond acceptors (Lipinski definition) is 2. The molecule has 1 unspecified atom stereocenters. The first-order chi connectivity index (χ1) is 7.99. The minimum absolute atomic E-state index is 0.225. The molecule has 1 saturated carbocycles. The highest BCUT2D eigenvalue weighted by atomic mass is 16.2. The van der Waals surface area contributed by atoms with Gasteiger partial charge in [0.15, 0.2) is 0 Å². The topological polar surface area (TPSA) is 41.1 Å². The van der Waals surface area contributed by atoms with Crippen molar-refractivity contribution in [3.63, 3.8) is 0 Å². The molecule has 0 spiro atoms. The summed E-state index contributed by atoms with van der Waals surface area (Å²) in [5.74, 6) is 0.515. The van der Waals surface area contributed by atoms with Crippen LogP contribution in [-0.2, 0) is 4.79 Å². The second kappa shape index (κ2) is 4.97. The lowest BCUT2D eigenvalue weighted by Gasteiger charge is -2.32. The fourth-order valence-corrected chi connectivity index (χ4v) is 3.25. The molecule has 2 rings (SSSR count). The molecule has 2 N–H and O–H groups in total. The third-order valence-corrected chi connectivity index (χ3v) is 4.57. The Morgan fingerprint density at radius 2 is 2.12 bits per heavy atom. The van der Waals surface area contributed by atoms with E-state index < -0.39 is 0 Å². The molecule has 0 radical (unpaired) electrons. The first-order valence-electron chi connectivity index (χ1n) is 7.03. The van der Waals surface area contributed by atoms with Crippen LogP contribution in [0.25, 0.3) is 0 Å². The number of carbonyl (C=O) groups is 1. The van der Waals surface area contributed by atoms with Crippen LogP contribution in [0.1, 0.15) is 52.9 Å². The number of hydrogen-bond donors (Lipinski definition) is 2. The Balaban J connectivity index is 1.88. The van der Waals surface area contributed by atoms with Gasteiger partial charge in [0.1, 0.15) is 0 Å². The number of nitrogens with one attached hydrogen (secondary N) is 2. The van der Waals surface area contributed by atoms with Gasteiger partial charge in [-0.25, -0.2) is 0 Å². The third kappa shape index (κ3) is 3.01. The summed E-state index contributed by atoms with van der Waals surface area (Å²) in [5, 5.41) is 6.69. The van der Waals surface area contributed by atoms with Crippen molar-refractivity contribution in [2.45, 2.75) is 65.0 Å². The van der Waals surface area contributed by atoms with Crippen LogP contribution in [0.5, 0.6) is 0 Å². The second-order valence-corrected chi connectivity index (χ2v) is 6.52. The Labute approximate surface area is 105 Å². The molecule has 2 aliphatic rings. The summed E-state index contributed by atoms with van der Waals surface area (Å²) in [6.07, 6.45) is 5.61. The van der Waals surface area contributed by atoms with Crippen LogP contribution in [0.4, 0.5) is 0 Å². The number of amides is 1. The molecule has 3 heteroatoms. The maximum atomic E-state index is 12.2. The molecular weight excluding hydrogens is 212 g/mol. The lowest BCUT2D eigenvalue weighted by molar-refractivity contribution is -0.127. The smallest absolute Gasteiger partial charge is 0.223 e. The van der Waals surface area contributed by atoms with E-state index in [-0.39, 0.29) is 11.3 Å². The molecule has 17 heavy (non-hydrogen) atoms. The molecule has 0 aromatic heterocycles. The van der Waals surface area contributed by atoms with Crippen LogP contribution in [-0.4, -0.2) is 24.5 Å². The van der Waals surface area contributed by atoms with Gasteiger partial charge in [0.2, 0.25) is 5.91 Å². The molecule has 0 aromatic rings. The van der Waals surface area contributed by atoms with Gasteiger partial charge in [-0.15, -0.1) is 0 Å². The van der Waals surface area contributed by atoms with Crippen molar-refractivity contribution in [1.82, 2.24) is 10.6 Å². The Morgan fingerprint density at radius 3 is 2.71 bits per heavy atom. The van der Waals surface area contributed by atoms with Crippen LogP contribution in [0.3, 0.4) is 0 Å². The van der Waals surface area contributed by atoms with E-state index in [4.69, 9.17) is 0 Å². The summed E-state index contributed by atoms with van der Waals surface area (Å²) in [7, 11) is 0. The molecule has 3 atom stereocenters. The molecule has 1 saturated heterocycles. The van der Waals surface area contributed by atoms with Crippen molar-refractivity contribution in [1.29, 1.82) is 0 Å². The van der Waals surface area contributed by atoms with Gasteiger partial charge in [-0.2, -0.15) is 0 Å². The van der Waals surface area contributed by atoms with Crippen LogP contribution >= 0.6 is 0 Å². The normalized spacial score (nSPS) is 36.8. The Morgan fingerprint density at radius 1 is 1.35 bits per heavy atom. The highest BCUT2D eigenvalue weighted by Crippen LogP contribution is 2.37. The second-order valence-electron chi connectivity index (χ2n) is 6.52. The highest BCUT2D eigenvalue weighted by Gasteiger charge is 2.36. The predicted molar refractivity (Wildman–Crippen MR) is 69.8 cm³/mol. The molecule has 1 aliphatic carbocycles. The fourth-order valence-electron chi connectivity index (χ4n) is 3.25. The van der Waals surface area contributed by atoms with Gasteiger partial charge >= 0.3 is 0 Å².